The monoisotopic (exact) mass is 219 g/mol. The van der Waals surface area contributed by atoms with E-state index in [0.717, 1.165) is 22.1 Å². The molecule has 3 heteroatoms. The third-order valence-corrected chi connectivity index (χ3v) is 2.55. The summed E-state index contributed by atoms with van der Waals surface area (Å²) in [6.45, 7) is 5.13. The molecular weight excluding hydrogens is 202 g/mol. The van der Waals surface area contributed by atoms with E-state index in [4.69, 9.17) is 14.9 Å². The van der Waals surface area contributed by atoms with Crippen LogP contribution in [-0.2, 0) is 17.9 Å². The van der Waals surface area contributed by atoms with E-state index in [1.807, 2.05) is 32.0 Å². The molecule has 86 valence electrons. The molecule has 0 unspecified atom stereocenters. The van der Waals surface area contributed by atoms with E-state index in [-0.39, 0.29) is 6.10 Å². The summed E-state index contributed by atoms with van der Waals surface area (Å²) in [5.74, 6) is 0. The maximum Gasteiger partial charge on any atom is 0.134 e. The summed E-state index contributed by atoms with van der Waals surface area (Å²) < 4.78 is 11.1. The molecule has 2 rings (SSSR count). The highest BCUT2D eigenvalue weighted by Gasteiger charge is 2.10. The lowest BCUT2D eigenvalue weighted by molar-refractivity contribution is 0.0660. The first-order chi connectivity index (χ1) is 7.72. The molecule has 3 nitrogen and oxygen atoms in total. The lowest BCUT2D eigenvalue weighted by Gasteiger charge is -2.07. The molecule has 0 aliphatic heterocycles. The largest absolute Gasteiger partial charge is 0.464 e. The molecule has 0 saturated heterocycles. The van der Waals surface area contributed by atoms with Crippen LogP contribution < -0.4 is 5.73 Å². The number of hydrogen-bond acceptors (Lipinski definition) is 3. The Hall–Kier alpha value is -1.32. The van der Waals surface area contributed by atoms with Gasteiger partial charge in [-0.15, -0.1) is 0 Å². The van der Waals surface area contributed by atoms with Gasteiger partial charge in [0.25, 0.3) is 0 Å². The predicted molar refractivity (Wildman–Crippen MR) is 64.0 cm³/mol. The van der Waals surface area contributed by atoms with Crippen molar-refractivity contribution in [1.82, 2.24) is 0 Å². The van der Waals surface area contributed by atoms with Crippen molar-refractivity contribution >= 4 is 11.0 Å². The van der Waals surface area contributed by atoms with Gasteiger partial charge in [-0.05, 0) is 25.5 Å². The number of benzene rings is 1. The van der Waals surface area contributed by atoms with Gasteiger partial charge in [0.2, 0.25) is 0 Å². The fourth-order valence-corrected chi connectivity index (χ4v) is 1.77. The lowest BCUT2D eigenvalue weighted by Crippen LogP contribution is -2.03. The zero-order valence-corrected chi connectivity index (χ0v) is 9.69. The van der Waals surface area contributed by atoms with Gasteiger partial charge in [-0.2, -0.15) is 0 Å². The molecule has 2 aromatic rings. The second-order valence-electron chi connectivity index (χ2n) is 4.12. The van der Waals surface area contributed by atoms with E-state index < -0.39 is 0 Å². The van der Waals surface area contributed by atoms with Crippen molar-refractivity contribution in [3.63, 3.8) is 0 Å². The number of ether oxygens (including phenoxy) is 1. The molecule has 0 bridgehead atoms. The van der Waals surface area contributed by atoms with E-state index in [0.29, 0.717) is 13.2 Å². The van der Waals surface area contributed by atoms with E-state index >= 15 is 0 Å². The Bertz CT molecular complexity index is 474. The third kappa shape index (κ3) is 2.10. The second-order valence-corrected chi connectivity index (χ2v) is 4.12. The Balaban J connectivity index is 2.38. The summed E-state index contributed by atoms with van der Waals surface area (Å²) >= 11 is 0. The van der Waals surface area contributed by atoms with Gasteiger partial charge >= 0.3 is 0 Å². The van der Waals surface area contributed by atoms with Gasteiger partial charge in [0.1, 0.15) is 5.58 Å². The van der Waals surface area contributed by atoms with Crippen LogP contribution in [0.15, 0.2) is 28.9 Å². The Morgan fingerprint density at radius 3 is 2.81 bits per heavy atom. The molecule has 0 aliphatic carbocycles. The molecule has 0 atom stereocenters. The van der Waals surface area contributed by atoms with Crippen molar-refractivity contribution in [2.75, 3.05) is 0 Å². The number of nitrogens with two attached hydrogens (primary N) is 1. The minimum atomic E-state index is 0.218. The first-order valence-corrected chi connectivity index (χ1v) is 5.52. The molecule has 2 N–H and O–H groups in total. The summed E-state index contributed by atoms with van der Waals surface area (Å²) in [5.41, 5.74) is 8.78. The average molecular weight is 219 g/mol. The average Bonchev–Trinajstić information content (AvgIpc) is 2.69. The van der Waals surface area contributed by atoms with Crippen LogP contribution in [0.2, 0.25) is 0 Å². The van der Waals surface area contributed by atoms with Crippen LogP contribution >= 0.6 is 0 Å². The SMILES string of the molecule is CC(C)OCc1coc2cccc(CN)c12. The molecule has 16 heavy (non-hydrogen) atoms. The molecule has 0 amide bonds. The van der Waals surface area contributed by atoms with Crippen LogP contribution in [-0.4, -0.2) is 6.10 Å². The van der Waals surface area contributed by atoms with Crippen molar-refractivity contribution < 1.29 is 9.15 Å². The zero-order valence-electron chi connectivity index (χ0n) is 9.69. The van der Waals surface area contributed by atoms with Gasteiger partial charge in [0.05, 0.1) is 19.0 Å². The number of hydrogen-bond donors (Lipinski definition) is 1. The zero-order chi connectivity index (χ0) is 11.5. The topological polar surface area (TPSA) is 48.4 Å². The van der Waals surface area contributed by atoms with Crippen molar-refractivity contribution in [2.45, 2.75) is 33.1 Å². The smallest absolute Gasteiger partial charge is 0.134 e. The maximum atomic E-state index is 5.72. The normalized spacial score (nSPS) is 11.5. The molecule has 0 saturated carbocycles. The van der Waals surface area contributed by atoms with Crippen LogP contribution in [0.1, 0.15) is 25.0 Å². The van der Waals surface area contributed by atoms with Crippen LogP contribution in [0.5, 0.6) is 0 Å². The Morgan fingerprint density at radius 2 is 2.12 bits per heavy atom. The van der Waals surface area contributed by atoms with Crippen molar-refractivity contribution in [3.05, 3.63) is 35.6 Å². The quantitative estimate of drug-likeness (QED) is 0.860. The highest BCUT2D eigenvalue weighted by molar-refractivity contribution is 5.84. The predicted octanol–water partition coefficient (Wildman–Crippen LogP) is 2.82. The lowest BCUT2D eigenvalue weighted by atomic mass is 10.1. The Morgan fingerprint density at radius 1 is 1.31 bits per heavy atom. The fraction of sp³-hybridized carbons (Fsp3) is 0.385. The second kappa shape index (κ2) is 4.68. The van der Waals surface area contributed by atoms with Crippen molar-refractivity contribution in [2.24, 2.45) is 5.73 Å². The van der Waals surface area contributed by atoms with E-state index in [1.165, 1.54) is 0 Å². The summed E-state index contributed by atoms with van der Waals surface area (Å²) in [6.07, 6.45) is 1.97. The van der Waals surface area contributed by atoms with Crippen LogP contribution in [0.3, 0.4) is 0 Å². The molecule has 1 aromatic carbocycles. The van der Waals surface area contributed by atoms with Crippen LogP contribution in [0.4, 0.5) is 0 Å². The van der Waals surface area contributed by atoms with Crippen LogP contribution in [0, 0.1) is 0 Å². The Kier molecular flexibility index (Phi) is 3.27. The fourth-order valence-electron chi connectivity index (χ4n) is 1.77. The number of furan rings is 1. The number of fused-ring (bicyclic) bond motifs is 1. The van der Waals surface area contributed by atoms with Gasteiger partial charge in [-0.1, -0.05) is 12.1 Å². The minimum absolute atomic E-state index is 0.218. The first-order valence-electron chi connectivity index (χ1n) is 5.52. The molecule has 0 spiro atoms. The Labute approximate surface area is 95.2 Å². The van der Waals surface area contributed by atoms with Gasteiger partial charge < -0.3 is 14.9 Å². The van der Waals surface area contributed by atoms with E-state index in [1.54, 1.807) is 6.26 Å². The molecule has 0 aliphatic rings. The maximum absolute atomic E-state index is 5.72. The molecule has 0 radical (unpaired) electrons. The summed E-state index contributed by atoms with van der Waals surface area (Å²) in [4.78, 5) is 0. The highest BCUT2D eigenvalue weighted by Crippen LogP contribution is 2.25. The first kappa shape index (κ1) is 11.2. The van der Waals surface area contributed by atoms with Gasteiger partial charge in [0, 0.05) is 17.5 Å². The molecule has 0 fully saturated rings. The third-order valence-electron chi connectivity index (χ3n) is 2.55. The standard InChI is InChI=1S/C13H17NO2/c1-9(2)15-7-11-8-16-12-5-3-4-10(6-14)13(11)12/h3-5,8-9H,6-7,14H2,1-2H3. The van der Waals surface area contributed by atoms with Crippen molar-refractivity contribution in [3.8, 4) is 0 Å². The van der Waals surface area contributed by atoms with E-state index in [9.17, 15) is 0 Å². The van der Waals surface area contributed by atoms with E-state index in [2.05, 4.69) is 0 Å². The van der Waals surface area contributed by atoms with Crippen LogP contribution in [0.25, 0.3) is 11.0 Å². The van der Waals surface area contributed by atoms with Crippen molar-refractivity contribution in [1.29, 1.82) is 0 Å². The van der Waals surface area contributed by atoms with Gasteiger partial charge in [0.15, 0.2) is 0 Å². The number of rotatable bonds is 4. The molecule has 1 aromatic heterocycles. The van der Waals surface area contributed by atoms with Gasteiger partial charge in [-0.25, -0.2) is 0 Å². The summed E-state index contributed by atoms with van der Waals surface area (Å²) in [5, 5.41) is 1.10. The highest BCUT2D eigenvalue weighted by atomic mass is 16.5. The molecular formula is C13H17NO2. The summed E-state index contributed by atoms with van der Waals surface area (Å²) in [7, 11) is 0. The minimum Gasteiger partial charge on any atom is -0.464 e. The summed E-state index contributed by atoms with van der Waals surface area (Å²) in [6, 6.07) is 5.94. The van der Waals surface area contributed by atoms with Gasteiger partial charge in [-0.3, -0.25) is 0 Å². The molecule has 1 heterocycles.